The van der Waals surface area contributed by atoms with Gasteiger partial charge in [0.15, 0.2) is 5.78 Å². The van der Waals surface area contributed by atoms with Crippen molar-refractivity contribution in [3.63, 3.8) is 0 Å². The summed E-state index contributed by atoms with van der Waals surface area (Å²) >= 11 is 0. The first-order valence-electron chi connectivity index (χ1n) is 11.9. The van der Waals surface area contributed by atoms with Crippen LogP contribution in [-0.4, -0.2) is 32.8 Å². The smallest absolute Gasteiger partial charge is 0.314 e. The van der Waals surface area contributed by atoms with E-state index in [4.69, 9.17) is 4.74 Å². The number of carbonyl (C=O) groups excluding carboxylic acids is 2. The largest absolute Gasteiger partial charge is 0.465 e. The maximum atomic E-state index is 13.5. The third-order valence-corrected chi connectivity index (χ3v) is 7.13. The Kier molecular flexibility index (Phi) is 9.73. The monoisotopic (exact) mass is 505 g/mol. The molecule has 3 rings (SSSR count). The predicted molar refractivity (Wildman–Crippen MR) is 141 cm³/mol. The van der Waals surface area contributed by atoms with Gasteiger partial charge in [-0.2, -0.15) is 4.72 Å². The highest BCUT2D eigenvalue weighted by Crippen LogP contribution is 2.19. The minimum Gasteiger partial charge on any atom is -0.465 e. The van der Waals surface area contributed by atoms with E-state index in [0.717, 1.165) is 16.7 Å². The zero-order valence-corrected chi connectivity index (χ0v) is 21.3. The number of hydrogen-bond acceptors (Lipinski definition) is 5. The van der Waals surface area contributed by atoms with Crippen molar-refractivity contribution in [1.82, 2.24) is 4.72 Å². The Bertz CT molecular complexity index is 1270. The third-order valence-electron chi connectivity index (χ3n) is 5.68. The lowest BCUT2D eigenvalue weighted by molar-refractivity contribution is -0.148. The highest BCUT2D eigenvalue weighted by molar-refractivity contribution is 7.89. The first kappa shape index (κ1) is 27.0. The minimum absolute atomic E-state index is 0.0172. The van der Waals surface area contributed by atoms with Crippen LogP contribution in [0.15, 0.2) is 95.9 Å². The third kappa shape index (κ3) is 7.73. The molecule has 3 aromatic carbocycles. The number of aryl methyl sites for hydroxylation is 2. The number of Topliss-reactive ketones (excluding diaryl/α,β-unsaturated/α-hetero) is 1. The molecule has 0 fully saturated rings. The Balaban J connectivity index is 1.96. The number of nitrogens with one attached hydrogen (secondary N) is 1. The Morgan fingerprint density at radius 1 is 0.917 bits per heavy atom. The second-order valence-electron chi connectivity index (χ2n) is 8.41. The van der Waals surface area contributed by atoms with Crippen molar-refractivity contribution < 1.29 is 22.7 Å². The van der Waals surface area contributed by atoms with Crippen molar-refractivity contribution in [3.05, 3.63) is 108 Å². The zero-order chi connectivity index (χ0) is 26.0. The van der Waals surface area contributed by atoms with E-state index in [9.17, 15) is 18.0 Å². The Labute approximate surface area is 213 Å². The number of esters is 1. The van der Waals surface area contributed by atoms with Gasteiger partial charge in [0.05, 0.1) is 23.5 Å². The van der Waals surface area contributed by atoms with Crippen LogP contribution in [0.4, 0.5) is 0 Å². The number of hydrogen-bond donors (Lipinski definition) is 1. The average Bonchev–Trinajstić information content (AvgIpc) is 2.88. The summed E-state index contributed by atoms with van der Waals surface area (Å²) in [4.78, 5) is 26.5. The summed E-state index contributed by atoms with van der Waals surface area (Å²) in [5.74, 6) is -2.21. The molecule has 3 aromatic rings. The average molecular weight is 506 g/mol. The van der Waals surface area contributed by atoms with Crippen molar-refractivity contribution in [2.75, 3.05) is 6.61 Å². The van der Waals surface area contributed by atoms with Gasteiger partial charge in [0.25, 0.3) is 0 Å². The Morgan fingerprint density at radius 2 is 1.53 bits per heavy atom. The van der Waals surface area contributed by atoms with Crippen LogP contribution in [0.2, 0.25) is 0 Å². The second-order valence-corrected chi connectivity index (χ2v) is 10.1. The molecule has 0 saturated heterocycles. The van der Waals surface area contributed by atoms with Gasteiger partial charge in [0.1, 0.15) is 0 Å². The maximum absolute atomic E-state index is 13.5. The molecule has 0 aliphatic carbocycles. The molecule has 36 heavy (non-hydrogen) atoms. The van der Waals surface area contributed by atoms with E-state index in [-0.39, 0.29) is 17.9 Å². The van der Waals surface area contributed by atoms with Crippen LogP contribution in [0.1, 0.15) is 30.0 Å². The Hall–Kier alpha value is -3.55. The van der Waals surface area contributed by atoms with E-state index in [0.29, 0.717) is 6.42 Å². The normalized spacial score (nSPS) is 13.3. The lowest BCUT2D eigenvalue weighted by atomic mass is 9.92. The van der Waals surface area contributed by atoms with Gasteiger partial charge in [-0.05, 0) is 43.5 Å². The lowest BCUT2D eigenvalue weighted by Crippen LogP contribution is -2.48. The number of sulfonamides is 1. The quantitative estimate of drug-likeness (QED) is 0.359. The molecule has 6 nitrogen and oxygen atoms in total. The molecule has 0 radical (unpaired) electrons. The van der Waals surface area contributed by atoms with Crippen molar-refractivity contribution in [1.29, 1.82) is 0 Å². The molecule has 0 bridgehead atoms. The highest BCUT2D eigenvalue weighted by atomic mass is 32.2. The van der Waals surface area contributed by atoms with Crippen LogP contribution in [-0.2, 0) is 30.8 Å². The fraction of sp³-hybridized carbons (Fsp3) is 0.241. The van der Waals surface area contributed by atoms with Gasteiger partial charge in [-0.1, -0.05) is 90.5 Å². The van der Waals surface area contributed by atoms with Gasteiger partial charge >= 0.3 is 5.97 Å². The summed E-state index contributed by atoms with van der Waals surface area (Å²) in [6.07, 6.45) is 3.70. The molecule has 0 saturated carbocycles. The van der Waals surface area contributed by atoms with Gasteiger partial charge in [-0.15, -0.1) is 0 Å². The molecule has 188 valence electrons. The molecule has 2 unspecified atom stereocenters. The van der Waals surface area contributed by atoms with Crippen molar-refractivity contribution in [2.24, 2.45) is 5.92 Å². The number of carbonyl (C=O) groups is 2. The number of benzene rings is 3. The van der Waals surface area contributed by atoms with Crippen LogP contribution >= 0.6 is 0 Å². The van der Waals surface area contributed by atoms with E-state index in [1.54, 1.807) is 25.1 Å². The topological polar surface area (TPSA) is 89.5 Å². The van der Waals surface area contributed by atoms with Crippen molar-refractivity contribution in [3.8, 4) is 0 Å². The van der Waals surface area contributed by atoms with Gasteiger partial charge in [-0.3, -0.25) is 9.59 Å². The lowest BCUT2D eigenvalue weighted by Gasteiger charge is -2.24. The van der Waals surface area contributed by atoms with Gasteiger partial charge in [0.2, 0.25) is 10.0 Å². The zero-order valence-electron chi connectivity index (χ0n) is 20.5. The molecule has 2 atom stereocenters. The summed E-state index contributed by atoms with van der Waals surface area (Å²) < 4.78 is 34.3. The van der Waals surface area contributed by atoms with Gasteiger partial charge in [-0.25, -0.2) is 8.42 Å². The highest BCUT2D eigenvalue weighted by Gasteiger charge is 2.36. The molecule has 0 aromatic heterocycles. The van der Waals surface area contributed by atoms with Gasteiger partial charge in [0, 0.05) is 6.42 Å². The van der Waals surface area contributed by atoms with E-state index in [2.05, 4.69) is 4.72 Å². The summed E-state index contributed by atoms with van der Waals surface area (Å²) in [5, 5.41) is 0. The first-order valence-corrected chi connectivity index (χ1v) is 13.3. The van der Waals surface area contributed by atoms with Crippen LogP contribution in [0, 0.1) is 12.8 Å². The maximum Gasteiger partial charge on any atom is 0.314 e. The van der Waals surface area contributed by atoms with Gasteiger partial charge < -0.3 is 4.74 Å². The van der Waals surface area contributed by atoms with Crippen LogP contribution in [0.5, 0.6) is 0 Å². The summed E-state index contributed by atoms with van der Waals surface area (Å²) in [6.45, 7) is 3.62. The molecule has 0 heterocycles. The second kappa shape index (κ2) is 13.0. The fourth-order valence-corrected chi connectivity index (χ4v) is 4.95. The molecular weight excluding hydrogens is 474 g/mol. The van der Waals surface area contributed by atoms with E-state index in [1.165, 1.54) is 18.2 Å². The first-order chi connectivity index (χ1) is 17.3. The molecular formula is C29H31NO5S. The summed E-state index contributed by atoms with van der Waals surface area (Å²) in [7, 11) is -4.09. The molecule has 1 N–H and O–H groups in total. The van der Waals surface area contributed by atoms with Crippen molar-refractivity contribution in [2.45, 2.75) is 37.6 Å². The van der Waals surface area contributed by atoms with Crippen LogP contribution in [0.25, 0.3) is 6.08 Å². The predicted octanol–water partition coefficient (Wildman–Crippen LogP) is 4.74. The molecule has 0 amide bonds. The van der Waals surface area contributed by atoms with E-state index in [1.807, 2.05) is 67.6 Å². The van der Waals surface area contributed by atoms with Crippen LogP contribution < -0.4 is 4.72 Å². The van der Waals surface area contributed by atoms with E-state index >= 15 is 0 Å². The standard InChI is InChI=1S/C29H31NO5S/c1-3-35-29(32)26(20-16-23-10-6-4-7-11-23)28(27(31)21-17-24-12-8-5-9-13-24)30-36(33,34)25-18-14-22(2)15-19-25/h4-16,18-20,26,28,30H,3,17,21H2,1-2H3/b20-16+. The van der Waals surface area contributed by atoms with E-state index < -0.39 is 33.7 Å². The molecule has 7 heteroatoms. The Morgan fingerprint density at radius 3 is 2.14 bits per heavy atom. The summed E-state index contributed by atoms with van der Waals surface area (Å²) in [6, 6.07) is 23.7. The number of ketones is 1. The summed E-state index contributed by atoms with van der Waals surface area (Å²) in [5.41, 5.74) is 2.65. The molecule has 0 aliphatic rings. The number of ether oxygens (including phenoxy) is 1. The van der Waals surface area contributed by atoms with Crippen LogP contribution in [0.3, 0.4) is 0 Å². The molecule has 0 spiro atoms. The SMILES string of the molecule is CCOC(=O)C(/C=C/c1ccccc1)C(NS(=O)(=O)c1ccc(C)cc1)C(=O)CCc1ccccc1. The number of rotatable bonds is 12. The van der Waals surface area contributed by atoms with Crippen molar-refractivity contribution >= 4 is 27.9 Å². The molecule has 0 aliphatic heterocycles. The minimum atomic E-state index is -4.09. The fourth-order valence-electron chi connectivity index (χ4n) is 3.70.